The van der Waals surface area contributed by atoms with Crippen LogP contribution >= 0.6 is 0 Å². The van der Waals surface area contributed by atoms with Crippen molar-refractivity contribution in [3.63, 3.8) is 0 Å². The molecule has 1 aromatic heterocycles. The molecule has 0 amide bonds. The Bertz CT molecular complexity index is 858. The SMILES string of the molecule is COc1ccc(Nc2nncc(NC(C)c3ccccc3)n2)cc1OC. The summed E-state index contributed by atoms with van der Waals surface area (Å²) in [6.45, 7) is 2.07. The van der Waals surface area contributed by atoms with Crippen molar-refractivity contribution in [3.05, 3.63) is 60.3 Å². The molecule has 0 fully saturated rings. The minimum atomic E-state index is 0.0989. The molecule has 0 saturated carbocycles. The first-order valence-electron chi connectivity index (χ1n) is 8.20. The van der Waals surface area contributed by atoms with Gasteiger partial charge in [0.05, 0.1) is 20.4 Å². The molecule has 0 spiro atoms. The maximum absolute atomic E-state index is 5.31. The van der Waals surface area contributed by atoms with Gasteiger partial charge in [-0.1, -0.05) is 30.3 Å². The molecule has 1 heterocycles. The van der Waals surface area contributed by atoms with E-state index >= 15 is 0 Å². The zero-order valence-corrected chi connectivity index (χ0v) is 14.9. The van der Waals surface area contributed by atoms with Gasteiger partial charge in [0.1, 0.15) is 0 Å². The molecule has 0 aliphatic carbocycles. The Kier molecular flexibility index (Phi) is 5.48. The first-order chi connectivity index (χ1) is 12.7. The third-order valence-corrected chi connectivity index (χ3v) is 3.86. The Morgan fingerprint density at radius 3 is 2.46 bits per heavy atom. The highest BCUT2D eigenvalue weighted by Gasteiger charge is 2.09. The lowest BCUT2D eigenvalue weighted by Gasteiger charge is -2.15. The summed E-state index contributed by atoms with van der Waals surface area (Å²) in [5.74, 6) is 2.31. The summed E-state index contributed by atoms with van der Waals surface area (Å²) >= 11 is 0. The summed E-state index contributed by atoms with van der Waals surface area (Å²) < 4.78 is 10.5. The number of nitrogens with zero attached hydrogens (tertiary/aromatic N) is 3. The predicted octanol–water partition coefficient (Wildman–Crippen LogP) is 3.81. The van der Waals surface area contributed by atoms with Crippen molar-refractivity contribution >= 4 is 17.5 Å². The van der Waals surface area contributed by atoms with Crippen LogP contribution in [0.1, 0.15) is 18.5 Å². The van der Waals surface area contributed by atoms with Gasteiger partial charge >= 0.3 is 0 Å². The first-order valence-corrected chi connectivity index (χ1v) is 8.20. The lowest BCUT2D eigenvalue weighted by Crippen LogP contribution is -2.10. The van der Waals surface area contributed by atoms with E-state index in [-0.39, 0.29) is 6.04 Å². The van der Waals surface area contributed by atoms with E-state index in [1.807, 2.05) is 36.4 Å². The molecule has 0 saturated heterocycles. The molecular weight excluding hydrogens is 330 g/mol. The summed E-state index contributed by atoms with van der Waals surface area (Å²) in [4.78, 5) is 4.46. The summed E-state index contributed by atoms with van der Waals surface area (Å²) in [5, 5.41) is 14.5. The Balaban J connectivity index is 1.73. The molecule has 1 unspecified atom stereocenters. The van der Waals surface area contributed by atoms with Crippen LogP contribution in [0.25, 0.3) is 0 Å². The highest BCUT2D eigenvalue weighted by molar-refractivity contribution is 5.60. The summed E-state index contributed by atoms with van der Waals surface area (Å²) in [6.07, 6.45) is 1.60. The van der Waals surface area contributed by atoms with E-state index in [9.17, 15) is 0 Å². The van der Waals surface area contributed by atoms with E-state index in [0.29, 0.717) is 23.3 Å². The van der Waals surface area contributed by atoms with Gasteiger partial charge in [0.15, 0.2) is 17.3 Å². The van der Waals surface area contributed by atoms with Crippen molar-refractivity contribution in [1.29, 1.82) is 0 Å². The highest BCUT2D eigenvalue weighted by atomic mass is 16.5. The number of hydrogen-bond donors (Lipinski definition) is 2. The number of ether oxygens (including phenoxy) is 2. The molecule has 134 valence electrons. The van der Waals surface area contributed by atoms with Gasteiger partial charge < -0.3 is 20.1 Å². The fourth-order valence-corrected chi connectivity index (χ4v) is 2.52. The number of methoxy groups -OCH3 is 2. The largest absolute Gasteiger partial charge is 0.493 e. The number of aromatic nitrogens is 3. The van der Waals surface area contributed by atoms with E-state index in [0.717, 1.165) is 5.69 Å². The number of nitrogens with one attached hydrogen (secondary N) is 2. The minimum absolute atomic E-state index is 0.0989. The molecule has 3 rings (SSSR count). The van der Waals surface area contributed by atoms with Gasteiger partial charge in [-0.15, -0.1) is 5.10 Å². The quantitative estimate of drug-likeness (QED) is 0.670. The number of hydrogen-bond acceptors (Lipinski definition) is 7. The van der Waals surface area contributed by atoms with E-state index in [4.69, 9.17) is 9.47 Å². The van der Waals surface area contributed by atoms with Crippen molar-refractivity contribution in [2.24, 2.45) is 0 Å². The van der Waals surface area contributed by atoms with E-state index in [1.54, 1.807) is 20.4 Å². The van der Waals surface area contributed by atoms with Gasteiger partial charge in [0.2, 0.25) is 5.95 Å². The van der Waals surface area contributed by atoms with Crippen molar-refractivity contribution < 1.29 is 9.47 Å². The predicted molar refractivity (Wildman–Crippen MR) is 101 cm³/mol. The second-order valence-electron chi connectivity index (χ2n) is 5.64. The lowest BCUT2D eigenvalue weighted by molar-refractivity contribution is 0.355. The summed E-state index contributed by atoms with van der Waals surface area (Å²) in [5.41, 5.74) is 1.94. The second-order valence-corrected chi connectivity index (χ2v) is 5.64. The first kappa shape index (κ1) is 17.5. The average molecular weight is 351 g/mol. The molecule has 26 heavy (non-hydrogen) atoms. The van der Waals surface area contributed by atoms with Gasteiger partial charge in [-0.3, -0.25) is 0 Å². The zero-order valence-electron chi connectivity index (χ0n) is 14.9. The molecule has 0 aliphatic heterocycles. The molecule has 0 aliphatic rings. The van der Waals surface area contributed by atoms with Crippen molar-refractivity contribution in [3.8, 4) is 11.5 Å². The van der Waals surface area contributed by atoms with E-state index < -0.39 is 0 Å². The second kappa shape index (κ2) is 8.15. The molecule has 1 atom stereocenters. The lowest BCUT2D eigenvalue weighted by atomic mass is 10.1. The fourth-order valence-electron chi connectivity index (χ4n) is 2.52. The minimum Gasteiger partial charge on any atom is -0.493 e. The molecule has 7 nitrogen and oxygen atoms in total. The van der Waals surface area contributed by atoms with Crippen LogP contribution in [0.15, 0.2) is 54.7 Å². The van der Waals surface area contributed by atoms with Crippen LogP contribution in [0.5, 0.6) is 11.5 Å². The van der Waals surface area contributed by atoms with Crippen LogP contribution in [0, 0.1) is 0 Å². The third kappa shape index (κ3) is 4.18. The maximum atomic E-state index is 5.31. The van der Waals surface area contributed by atoms with E-state index in [1.165, 1.54) is 5.56 Å². The normalized spacial score (nSPS) is 11.5. The van der Waals surface area contributed by atoms with Crippen molar-refractivity contribution in [2.45, 2.75) is 13.0 Å². The van der Waals surface area contributed by atoms with Gasteiger partial charge in [0, 0.05) is 17.8 Å². The molecule has 3 aromatic rings. The van der Waals surface area contributed by atoms with Crippen LogP contribution in [0.2, 0.25) is 0 Å². The van der Waals surface area contributed by atoms with Crippen LogP contribution in [0.4, 0.5) is 17.5 Å². The third-order valence-electron chi connectivity index (χ3n) is 3.86. The van der Waals surface area contributed by atoms with Crippen molar-refractivity contribution in [1.82, 2.24) is 15.2 Å². The highest BCUT2D eigenvalue weighted by Crippen LogP contribution is 2.30. The summed E-state index contributed by atoms with van der Waals surface area (Å²) in [6, 6.07) is 15.7. The Hall–Kier alpha value is -3.35. The standard InChI is InChI=1S/C19H21N5O2/c1-13(14-7-5-4-6-8-14)21-18-12-20-24-19(23-18)22-15-9-10-16(25-2)17(11-15)26-3/h4-13H,1-3H3,(H2,21,22,23,24). The Morgan fingerprint density at radius 1 is 0.962 bits per heavy atom. The number of rotatable bonds is 7. The van der Waals surface area contributed by atoms with Crippen LogP contribution in [-0.2, 0) is 0 Å². The molecule has 0 bridgehead atoms. The molecule has 2 aromatic carbocycles. The van der Waals surface area contributed by atoms with Gasteiger partial charge in [0.25, 0.3) is 0 Å². The Morgan fingerprint density at radius 2 is 1.73 bits per heavy atom. The zero-order chi connectivity index (χ0) is 18.4. The number of anilines is 3. The molecule has 2 N–H and O–H groups in total. The molecular formula is C19H21N5O2. The van der Waals surface area contributed by atoms with Gasteiger partial charge in [-0.25, -0.2) is 0 Å². The van der Waals surface area contributed by atoms with Gasteiger partial charge in [-0.2, -0.15) is 10.1 Å². The van der Waals surface area contributed by atoms with E-state index in [2.05, 4.69) is 44.9 Å². The van der Waals surface area contributed by atoms with Gasteiger partial charge in [-0.05, 0) is 24.6 Å². The number of benzene rings is 2. The van der Waals surface area contributed by atoms with Crippen LogP contribution < -0.4 is 20.1 Å². The van der Waals surface area contributed by atoms with Crippen molar-refractivity contribution in [2.75, 3.05) is 24.9 Å². The summed E-state index contributed by atoms with van der Waals surface area (Å²) in [7, 11) is 3.19. The smallest absolute Gasteiger partial charge is 0.249 e. The van der Waals surface area contributed by atoms with Crippen LogP contribution in [-0.4, -0.2) is 29.4 Å². The molecule has 7 heteroatoms. The fraction of sp³-hybridized carbons (Fsp3) is 0.211. The van der Waals surface area contributed by atoms with Crippen LogP contribution in [0.3, 0.4) is 0 Å². The monoisotopic (exact) mass is 351 g/mol. The topological polar surface area (TPSA) is 81.2 Å². The molecule has 0 radical (unpaired) electrons. The maximum Gasteiger partial charge on any atom is 0.249 e. The average Bonchev–Trinajstić information content (AvgIpc) is 2.69. The Labute approximate surface area is 152 Å².